The van der Waals surface area contributed by atoms with Crippen LogP contribution in [0.4, 0.5) is 10.5 Å². The first-order chi connectivity index (χ1) is 9.13. The Morgan fingerprint density at radius 1 is 1.37 bits per heavy atom. The zero-order valence-electron chi connectivity index (χ0n) is 11.2. The summed E-state index contributed by atoms with van der Waals surface area (Å²) in [4.78, 5) is 25.3. The number of methoxy groups -OCH3 is 1. The molecule has 2 rings (SSSR count). The minimum absolute atomic E-state index is 0.188. The Bertz CT molecular complexity index is 487. The highest BCUT2D eigenvalue weighted by molar-refractivity contribution is 6.21. The maximum atomic E-state index is 12.2. The fraction of sp³-hybridized carbons (Fsp3) is 0.429. The number of aryl methyl sites for hydroxylation is 1. The molecule has 0 aliphatic carbocycles. The Morgan fingerprint density at radius 2 is 2.16 bits per heavy atom. The standard InChI is InChI=1S/C14H18N2O3/c1-10-5-3-6-11(9-10)16-13(17)12(15-14(16)18)7-4-8-19-2/h3,5-6,9,12H,4,7-8H2,1-2H3,(H,15,18). The molecule has 1 saturated heterocycles. The van der Waals surface area contributed by atoms with E-state index in [1.54, 1.807) is 13.2 Å². The summed E-state index contributed by atoms with van der Waals surface area (Å²) < 4.78 is 4.95. The summed E-state index contributed by atoms with van der Waals surface area (Å²) in [5.41, 5.74) is 1.64. The smallest absolute Gasteiger partial charge is 0.329 e. The fourth-order valence-electron chi connectivity index (χ4n) is 2.17. The largest absolute Gasteiger partial charge is 0.385 e. The van der Waals surface area contributed by atoms with Crippen LogP contribution in [-0.2, 0) is 9.53 Å². The van der Waals surface area contributed by atoms with E-state index in [1.165, 1.54) is 4.90 Å². The molecule has 1 heterocycles. The number of imide groups is 1. The minimum atomic E-state index is -0.442. The molecular weight excluding hydrogens is 244 g/mol. The van der Waals surface area contributed by atoms with Gasteiger partial charge in [0, 0.05) is 13.7 Å². The van der Waals surface area contributed by atoms with Crippen LogP contribution in [0.2, 0.25) is 0 Å². The van der Waals surface area contributed by atoms with Crippen LogP contribution >= 0.6 is 0 Å². The van der Waals surface area contributed by atoms with Gasteiger partial charge in [0.2, 0.25) is 0 Å². The van der Waals surface area contributed by atoms with E-state index in [9.17, 15) is 9.59 Å². The first-order valence-corrected chi connectivity index (χ1v) is 6.33. The van der Waals surface area contributed by atoms with E-state index in [2.05, 4.69) is 5.32 Å². The van der Waals surface area contributed by atoms with Gasteiger partial charge >= 0.3 is 6.03 Å². The zero-order valence-corrected chi connectivity index (χ0v) is 11.2. The van der Waals surface area contributed by atoms with Crippen molar-refractivity contribution in [3.63, 3.8) is 0 Å². The highest BCUT2D eigenvalue weighted by Gasteiger charge is 2.38. The van der Waals surface area contributed by atoms with Crippen LogP contribution in [0.1, 0.15) is 18.4 Å². The van der Waals surface area contributed by atoms with Crippen LogP contribution in [0.25, 0.3) is 0 Å². The molecule has 0 aromatic heterocycles. The molecule has 1 aliphatic heterocycles. The third-order valence-corrected chi connectivity index (χ3v) is 3.12. The molecule has 5 nitrogen and oxygen atoms in total. The Morgan fingerprint density at radius 3 is 2.84 bits per heavy atom. The lowest BCUT2D eigenvalue weighted by Crippen LogP contribution is -2.31. The van der Waals surface area contributed by atoms with E-state index in [4.69, 9.17) is 4.74 Å². The molecule has 0 bridgehead atoms. The van der Waals surface area contributed by atoms with Crippen molar-refractivity contribution in [2.24, 2.45) is 0 Å². The van der Waals surface area contributed by atoms with Gasteiger partial charge in [0.15, 0.2) is 0 Å². The summed E-state index contributed by atoms with van der Waals surface area (Å²) in [7, 11) is 1.62. The van der Waals surface area contributed by atoms with Gasteiger partial charge in [-0.2, -0.15) is 0 Å². The lowest BCUT2D eigenvalue weighted by atomic mass is 10.1. The van der Waals surface area contributed by atoms with Crippen LogP contribution in [0.5, 0.6) is 0 Å². The van der Waals surface area contributed by atoms with Gasteiger partial charge in [0.25, 0.3) is 5.91 Å². The number of benzene rings is 1. The number of carbonyl (C=O) groups excluding carboxylic acids is 2. The maximum absolute atomic E-state index is 12.2. The number of nitrogens with one attached hydrogen (secondary N) is 1. The van der Waals surface area contributed by atoms with Gasteiger partial charge < -0.3 is 10.1 Å². The van der Waals surface area contributed by atoms with Crippen LogP contribution in [0.15, 0.2) is 24.3 Å². The SMILES string of the molecule is COCCCC1NC(=O)N(c2cccc(C)c2)C1=O. The Labute approximate surface area is 112 Å². The number of nitrogens with zero attached hydrogens (tertiary/aromatic N) is 1. The molecule has 1 N–H and O–H groups in total. The lowest BCUT2D eigenvalue weighted by Gasteiger charge is -2.13. The normalized spacial score (nSPS) is 18.8. The monoisotopic (exact) mass is 262 g/mol. The minimum Gasteiger partial charge on any atom is -0.385 e. The molecule has 5 heteroatoms. The van der Waals surface area contributed by atoms with Gasteiger partial charge in [-0.25, -0.2) is 9.69 Å². The van der Waals surface area contributed by atoms with E-state index in [0.717, 1.165) is 12.0 Å². The molecular formula is C14H18N2O3. The van der Waals surface area contributed by atoms with Crippen LogP contribution in [0, 0.1) is 6.92 Å². The van der Waals surface area contributed by atoms with Gasteiger partial charge in [-0.05, 0) is 37.5 Å². The van der Waals surface area contributed by atoms with Crippen molar-refractivity contribution in [3.05, 3.63) is 29.8 Å². The zero-order chi connectivity index (χ0) is 13.8. The summed E-state index contributed by atoms with van der Waals surface area (Å²) in [6, 6.07) is 6.57. The summed E-state index contributed by atoms with van der Waals surface area (Å²) in [5.74, 6) is -0.188. The van der Waals surface area contributed by atoms with E-state index in [0.29, 0.717) is 18.7 Å². The van der Waals surface area contributed by atoms with Crippen LogP contribution in [-0.4, -0.2) is 31.7 Å². The Balaban J connectivity index is 2.10. The fourth-order valence-corrected chi connectivity index (χ4v) is 2.17. The van der Waals surface area contributed by atoms with Gasteiger partial charge in [0.1, 0.15) is 6.04 Å². The summed E-state index contributed by atoms with van der Waals surface area (Å²) >= 11 is 0. The number of anilines is 1. The molecule has 3 amide bonds. The number of carbonyl (C=O) groups is 2. The van der Waals surface area contributed by atoms with Crippen molar-refractivity contribution >= 4 is 17.6 Å². The quantitative estimate of drug-likeness (QED) is 0.650. The van der Waals surface area contributed by atoms with Crippen molar-refractivity contribution in [2.75, 3.05) is 18.6 Å². The molecule has 0 spiro atoms. The molecule has 1 aromatic carbocycles. The predicted molar refractivity (Wildman–Crippen MR) is 72.1 cm³/mol. The third kappa shape index (κ3) is 2.93. The number of amides is 3. The van der Waals surface area contributed by atoms with Crippen molar-refractivity contribution in [3.8, 4) is 0 Å². The van der Waals surface area contributed by atoms with Gasteiger partial charge in [-0.1, -0.05) is 12.1 Å². The molecule has 0 radical (unpaired) electrons. The molecule has 0 saturated carbocycles. The van der Waals surface area contributed by atoms with Gasteiger partial charge in [-0.15, -0.1) is 0 Å². The van der Waals surface area contributed by atoms with E-state index < -0.39 is 6.04 Å². The number of hydrogen-bond acceptors (Lipinski definition) is 3. The summed E-state index contributed by atoms with van der Waals surface area (Å²) in [6.07, 6.45) is 1.34. The highest BCUT2D eigenvalue weighted by atomic mass is 16.5. The van der Waals surface area contributed by atoms with Crippen molar-refractivity contribution in [1.29, 1.82) is 0 Å². The van der Waals surface area contributed by atoms with Crippen LogP contribution in [0.3, 0.4) is 0 Å². The first kappa shape index (κ1) is 13.5. The van der Waals surface area contributed by atoms with Crippen molar-refractivity contribution < 1.29 is 14.3 Å². The van der Waals surface area contributed by atoms with Crippen molar-refractivity contribution in [1.82, 2.24) is 5.32 Å². The number of rotatable bonds is 5. The molecule has 1 fully saturated rings. The van der Waals surface area contributed by atoms with Gasteiger partial charge in [-0.3, -0.25) is 4.79 Å². The molecule has 1 aliphatic rings. The second kappa shape index (κ2) is 5.84. The molecule has 1 atom stereocenters. The molecule has 102 valence electrons. The highest BCUT2D eigenvalue weighted by Crippen LogP contribution is 2.21. The average molecular weight is 262 g/mol. The summed E-state index contributed by atoms with van der Waals surface area (Å²) in [5, 5.41) is 2.71. The maximum Gasteiger partial charge on any atom is 0.329 e. The number of urea groups is 1. The van der Waals surface area contributed by atoms with E-state index >= 15 is 0 Å². The van der Waals surface area contributed by atoms with Crippen molar-refractivity contribution in [2.45, 2.75) is 25.8 Å². The van der Waals surface area contributed by atoms with E-state index in [1.807, 2.05) is 25.1 Å². The van der Waals surface area contributed by atoms with E-state index in [-0.39, 0.29) is 11.9 Å². The summed E-state index contributed by atoms with van der Waals surface area (Å²) in [6.45, 7) is 2.52. The lowest BCUT2D eigenvalue weighted by molar-refractivity contribution is -0.118. The third-order valence-electron chi connectivity index (χ3n) is 3.12. The topological polar surface area (TPSA) is 58.6 Å². The first-order valence-electron chi connectivity index (χ1n) is 6.33. The predicted octanol–water partition coefficient (Wildman–Crippen LogP) is 1.85. The number of hydrogen-bond donors (Lipinski definition) is 1. The average Bonchev–Trinajstić information content (AvgIpc) is 2.65. The molecule has 19 heavy (non-hydrogen) atoms. The second-order valence-corrected chi connectivity index (χ2v) is 4.65. The van der Waals surface area contributed by atoms with Gasteiger partial charge in [0.05, 0.1) is 5.69 Å². The Hall–Kier alpha value is -1.88. The molecule has 1 aromatic rings. The number of ether oxygens (including phenoxy) is 1. The van der Waals surface area contributed by atoms with Crippen LogP contribution < -0.4 is 10.2 Å². The second-order valence-electron chi connectivity index (χ2n) is 4.65. The Kier molecular flexibility index (Phi) is 4.16. The molecule has 1 unspecified atom stereocenters.